The van der Waals surface area contributed by atoms with Crippen LogP contribution < -0.4 is 15.5 Å². The van der Waals surface area contributed by atoms with E-state index < -0.39 is 10.8 Å². The van der Waals surface area contributed by atoms with Crippen molar-refractivity contribution in [2.75, 3.05) is 36.5 Å². The second kappa shape index (κ2) is 9.29. The summed E-state index contributed by atoms with van der Waals surface area (Å²) < 4.78 is 6.22. The van der Waals surface area contributed by atoms with Crippen LogP contribution in [0.25, 0.3) is 0 Å². The van der Waals surface area contributed by atoms with E-state index >= 15 is 0 Å². The lowest BCUT2D eigenvalue weighted by atomic mass is 10.1. The largest absolute Gasteiger partial charge is 0.378 e. The van der Waals surface area contributed by atoms with Crippen molar-refractivity contribution in [2.45, 2.75) is 6.92 Å². The lowest BCUT2D eigenvalue weighted by molar-refractivity contribution is -0.384. The lowest BCUT2D eigenvalue weighted by Crippen LogP contribution is -2.37. The number of morpholine rings is 1. The maximum atomic E-state index is 12.5. The van der Waals surface area contributed by atoms with E-state index in [-0.39, 0.29) is 16.4 Å². The molecule has 8 nitrogen and oxygen atoms in total. The molecule has 1 aliphatic rings. The van der Waals surface area contributed by atoms with Crippen molar-refractivity contribution in [1.82, 2.24) is 5.32 Å². The number of benzene rings is 2. The van der Waals surface area contributed by atoms with Crippen molar-refractivity contribution < 1.29 is 14.5 Å². The summed E-state index contributed by atoms with van der Waals surface area (Å²) in [4.78, 5) is 25.5. The molecule has 152 valence electrons. The maximum absolute atomic E-state index is 12.5. The summed E-state index contributed by atoms with van der Waals surface area (Å²) in [6, 6.07) is 10.0. The Morgan fingerprint density at radius 3 is 2.62 bits per heavy atom. The number of nitro benzene ring substituents is 1. The number of hydrogen-bond acceptors (Lipinski definition) is 6. The summed E-state index contributed by atoms with van der Waals surface area (Å²) in [5.74, 6) is -0.520. The molecule has 0 bridgehead atoms. The molecule has 1 aliphatic heterocycles. The molecule has 3 rings (SSSR count). The molecule has 0 aliphatic carbocycles. The van der Waals surface area contributed by atoms with Gasteiger partial charge < -0.3 is 15.0 Å². The van der Waals surface area contributed by atoms with Gasteiger partial charge in [0.1, 0.15) is 5.69 Å². The average Bonchev–Trinajstić information content (AvgIpc) is 2.70. The third kappa shape index (κ3) is 5.28. The predicted octanol–water partition coefficient (Wildman–Crippen LogP) is 3.63. The van der Waals surface area contributed by atoms with Crippen LogP contribution in [0.2, 0.25) is 0 Å². The summed E-state index contributed by atoms with van der Waals surface area (Å²) in [5.41, 5.74) is 2.21. The number of carbonyl (C=O) groups excluding carboxylic acids is 1. The fourth-order valence-electron chi connectivity index (χ4n) is 2.98. The SMILES string of the molecule is Cc1cc(Br)ccc1NC(=S)NC(=O)c1ccc(N2CCOCC2)c([N+](=O)[O-])c1. The number of anilines is 2. The number of carbonyl (C=O) groups is 1. The van der Waals surface area contributed by atoms with Crippen molar-refractivity contribution in [3.63, 3.8) is 0 Å². The van der Waals surface area contributed by atoms with Gasteiger partial charge in [-0.15, -0.1) is 0 Å². The van der Waals surface area contributed by atoms with Crippen molar-refractivity contribution >= 4 is 56.2 Å². The van der Waals surface area contributed by atoms with E-state index in [1.165, 1.54) is 6.07 Å². The molecule has 1 amide bonds. The molecule has 2 aromatic carbocycles. The Hall–Kier alpha value is -2.56. The lowest BCUT2D eigenvalue weighted by Gasteiger charge is -2.28. The van der Waals surface area contributed by atoms with Crippen LogP contribution in [-0.4, -0.2) is 42.2 Å². The van der Waals surface area contributed by atoms with Crippen LogP contribution in [0.5, 0.6) is 0 Å². The van der Waals surface area contributed by atoms with Gasteiger partial charge in [0, 0.05) is 34.9 Å². The summed E-state index contributed by atoms with van der Waals surface area (Å²) >= 11 is 8.60. The summed E-state index contributed by atoms with van der Waals surface area (Å²) in [6.07, 6.45) is 0. The van der Waals surface area contributed by atoms with Crippen LogP contribution >= 0.6 is 28.1 Å². The van der Waals surface area contributed by atoms with Gasteiger partial charge in [-0.05, 0) is 55.0 Å². The van der Waals surface area contributed by atoms with Gasteiger partial charge in [0.15, 0.2) is 5.11 Å². The molecule has 1 fully saturated rings. The second-order valence-corrected chi connectivity index (χ2v) is 7.75. The zero-order valence-corrected chi connectivity index (χ0v) is 18.0. The van der Waals surface area contributed by atoms with Crippen LogP contribution in [0.3, 0.4) is 0 Å². The molecule has 0 saturated carbocycles. The first-order valence-corrected chi connectivity index (χ1v) is 10.0. The first kappa shape index (κ1) is 21.2. The molecule has 10 heteroatoms. The Labute approximate surface area is 181 Å². The highest BCUT2D eigenvalue weighted by Gasteiger charge is 2.23. The van der Waals surface area contributed by atoms with Gasteiger partial charge in [-0.25, -0.2) is 0 Å². The number of aryl methyl sites for hydroxylation is 1. The van der Waals surface area contributed by atoms with Gasteiger partial charge in [0.2, 0.25) is 0 Å². The van der Waals surface area contributed by atoms with E-state index in [4.69, 9.17) is 17.0 Å². The van der Waals surface area contributed by atoms with Gasteiger partial charge in [-0.1, -0.05) is 15.9 Å². The Morgan fingerprint density at radius 2 is 1.97 bits per heavy atom. The van der Waals surface area contributed by atoms with Crippen LogP contribution in [-0.2, 0) is 4.74 Å². The molecule has 2 N–H and O–H groups in total. The summed E-state index contributed by atoms with van der Waals surface area (Å²) in [5, 5.41) is 17.2. The first-order valence-electron chi connectivity index (χ1n) is 8.85. The summed E-state index contributed by atoms with van der Waals surface area (Å²) in [7, 11) is 0. The van der Waals surface area contributed by atoms with Crippen LogP contribution in [0.4, 0.5) is 17.1 Å². The zero-order valence-electron chi connectivity index (χ0n) is 15.6. The Balaban J connectivity index is 1.73. The molecule has 0 aromatic heterocycles. The van der Waals surface area contributed by atoms with Crippen molar-refractivity contribution in [3.8, 4) is 0 Å². The molecular formula is C19H19BrN4O4S. The van der Waals surface area contributed by atoms with Crippen molar-refractivity contribution in [2.24, 2.45) is 0 Å². The molecule has 2 aromatic rings. The number of nitrogens with one attached hydrogen (secondary N) is 2. The van der Waals surface area contributed by atoms with E-state index in [2.05, 4.69) is 26.6 Å². The molecule has 1 saturated heterocycles. The number of ether oxygens (including phenoxy) is 1. The van der Waals surface area contributed by atoms with Crippen molar-refractivity contribution in [3.05, 3.63) is 62.1 Å². The van der Waals surface area contributed by atoms with Crippen LogP contribution in [0, 0.1) is 17.0 Å². The van der Waals surface area contributed by atoms with Crippen LogP contribution in [0.1, 0.15) is 15.9 Å². The average molecular weight is 479 g/mol. The first-order chi connectivity index (χ1) is 13.8. The van der Waals surface area contributed by atoms with Gasteiger partial charge in [-0.2, -0.15) is 0 Å². The highest BCUT2D eigenvalue weighted by Crippen LogP contribution is 2.30. The third-order valence-electron chi connectivity index (χ3n) is 4.45. The minimum absolute atomic E-state index is 0.111. The Kier molecular flexibility index (Phi) is 6.78. The maximum Gasteiger partial charge on any atom is 0.293 e. The van der Waals surface area contributed by atoms with E-state index in [0.717, 1.165) is 15.7 Å². The monoisotopic (exact) mass is 478 g/mol. The highest BCUT2D eigenvalue weighted by molar-refractivity contribution is 9.10. The molecule has 0 radical (unpaired) electrons. The van der Waals surface area contributed by atoms with Gasteiger partial charge >= 0.3 is 0 Å². The number of nitro groups is 1. The summed E-state index contributed by atoms with van der Waals surface area (Å²) in [6.45, 7) is 4.05. The number of rotatable bonds is 4. The molecule has 29 heavy (non-hydrogen) atoms. The molecule has 0 spiro atoms. The predicted molar refractivity (Wildman–Crippen MR) is 119 cm³/mol. The number of hydrogen-bond donors (Lipinski definition) is 2. The van der Waals surface area contributed by atoms with Crippen molar-refractivity contribution in [1.29, 1.82) is 0 Å². The Bertz CT molecular complexity index is 963. The molecular weight excluding hydrogens is 460 g/mol. The standard InChI is InChI=1S/C19H19BrN4O4S/c1-12-10-14(20)3-4-15(12)21-19(29)22-18(25)13-2-5-16(17(11-13)24(26)27)23-6-8-28-9-7-23/h2-5,10-11H,6-9H2,1H3,(H2,21,22,25,29). The topological polar surface area (TPSA) is 96.7 Å². The molecule has 1 heterocycles. The van der Waals surface area contributed by atoms with Gasteiger partial charge in [-0.3, -0.25) is 20.2 Å². The Morgan fingerprint density at radius 1 is 1.24 bits per heavy atom. The minimum Gasteiger partial charge on any atom is -0.378 e. The van der Waals surface area contributed by atoms with Gasteiger partial charge in [0.25, 0.3) is 11.6 Å². The fraction of sp³-hybridized carbons (Fsp3) is 0.263. The highest BCUT2D eigenvalue weighted by atomic mass is 79.9. The van der Waals surface area contributed by atoms with E-state index in [9.17, 15) is 14.9 Å². The number of nitrogens with zero attached hydrogens (tertiary/aromatic N) is 2. The smallest absolute Gasteiger partial charge is 0.293 e. The number of thiocarbonyl (C=S) groups is 1. The van der Waals surface area contributed by atoms with E-state index in [0.29, 0.717) is 32.0 Å². The van der Waals surface area contributed by atoms with E-state index in [1.807, 2.05) is 30.0 Å². The second-order valence-electron chi connectivity index (χ2n) is 6.43. The van der Waals surface area contributed by atoms with E-state index in [1.54, 1.807) is 12.1 Å². The number of amides is 1. The normalized spacial score (nSPS) is 13.7. The quantitative estimate of drug-likeness (QED) is 0.393. The number of halogens is 1. The minimum atomic E-state index is -0.520. The third-order valence-corrected chi connectivity index (χ3v) is 5.15. The van der Waals surface area contributed by atoms with Crippen LogP contribution in [0.15, 0.2) is 40.9 Å². The fourth-order valence-corrected chi connectivity index (χ4v) is 3.66. The molecule has 0 atom stereocenters. The zero-order chi connectivity index (χ0) is 21.0. The molecule has 0 unspecified atom stereocenters. The van der Waals surface area contributed by atoms with Gasteiger partial charge in [0.05, 0.1) is 18.1 Å².